The highest BCUT2D eigenvalue weighted by Crippen LogP contribution is 2.42. The van der Waals surface area contributed by atoms with E-state index in [1.165, 1.54) is 6.07 Å². The highest BCUT2D eigenvalue weighted by Gasteiger charge is 2.37. The van der Waals surface area contributed by atoms with Crippen LogP contribution in [0, 0.1) is 0 Å². The van der Waals surface area contributed by atoms with Gasteiger partial charge in [0.25, 0.3) is 23.6 Å². The van der Waals surface area contributed by atoms with Gasteiger partial charge in [-0.15, -0.1) is 11.3 Å². The van der Waals surface area contributed by atoms with Gasteiger partial charge in [-0.3, -0.25) is 29.8 Å². The van der Waals surface area contributed by atoms with Crippen molar-refractivity contribution in [3.05, 3.63) is 32.0 Å². The molecule has 2 aliphatic heterocycles. The summed E-state index contributed by atoms with van der Waals surface area (Å²) in [5.74, 6) is -2.36. The Labute approximate surface area is 119 Å². The van der Waals surface area contributed by atoms with E-state index < -0.39 is 23.6 Å². The Bertz CT molecular complexity index is 899. The van der Waals surface area contributed by atoms with Crippen LogP contribution >= 0.6 is 22.9 Å². The van der Waals surface area contributed by atoms with Crippen molar-refractivity contribution in [1.29, 1.82) is 0 Å². The van der Waals surface area contributed by atoms with Gasteiger partial charge >= 0.3 is 0 Å². The van der Waals surface area contributed by atoms with Crippen LogP contribution in [0.15, 0.2) is 6.07 Å². The molecule has 0 aliphatic carbocycles. The van der Waals surface area contributed by atoms with Gasteiger partial charge < -0.3 is 0 Å². The predicted molar refractivity (Wildman–Crippen MR) is 70.4 cm³/mol. The molecule has 3 heterocycles. The summed E-state index contributed by atoms with van der Waals surface area (Å²) >= 11 is 6.98. The average Bonchev–Trinajstić information content (AvgIpc) is 2.76. The number of benzene rings is 1. The summed E-state index contributed by atoms with van der Waals surface area (Å²) in [6, 6.07) is 1.34. The van der Waals surface area contributed by atoms with E-state index in [1.54, 1.807) is 0 Å². The Morgan fingerprint density at radius 2 is 1.45 bits per heavy atom. The van der Waals surface area contributed by atoms with Crippen LogP contribution in [0.5, 0.6) is 0 Å². The Hall–Kier alpha value is -2.25. The fourth-order valence-corrected chi connectivity index (χ4v) is 3.89. The fourth-order valence-electron chi connectivity index (χ4n) is 2.49. The van der Waals surface area contributed by atoms with E-state index in [2.05, 4.69) is 10.6 Å². The van der Waals surface area contributed by atoms with Crippen LogP contribution in [0.25, 0.3) is 10.8 Å². The Morgan fingerprint density at radius 1 is 0.850 bits per heavy atom. The normalized spacial score (nSPS) is 16.4. The summed E-state index contributed by atoms with van der Waals surface area (Å²) in [6.45, 7) is 0. The number of hydrogen-bond donors (Lipinski definition) is 2. The standard InChI is InChI=1S/C12H3ClN2O4S/c13-3-1-2-4-6-5(3)10(17)15-12(19)8(6)20-7(4)11(18)14-9(2)16/h1H,(H,14,16,18)(H,15,17,19). The molecule has 2 aromatic rings. The number of carbonyl (C=O) groups excluding carboxylic acids is 4. The maximum absolute atomic E-state index is 11.9. The number of hydrogen-bond acceptors (Lipinski definition) is 5. The molecule has 2 N–H and O–H groups in total. The third kappa shape index (κ3) is 1.19. The maximum atomic E-state index is 11.9. The SMILES string of the molecule is O=C1NC(=O)c2sc3c4c(c(Cl)cc1c24)C(=O)NC3=O. The number of carbonyl (C=O) groups is 4. The van der Waals surface area contributed by atoms with E-state index in [0.29, 0.717) is 10.8 Å². The first-order chi connectivity index (χ1) is 9.49. The largest absolute Gasteiger partial charge is 0.287 e. The van der Waals surface area contributed by atoms with Crippen molar-refractivity contribution in [2.45, 2.75) is 0 Å². The van der Waals surface area contributed by atoms with E-state index in [4.69, 9.17) is 11.6 Å². The zero-order valence-corrected chi connectivity index (χ0v) is 11.1. The van der Waals surface area contributed by atoms with Crippen molar-refractivity contribution in [3.8, 4) is 0 Å². The van der Waals surface area contributed by atoms with Crippen LogP contribution in [0.3, 0.4) is 0 Å². The minimum atomic E-state index is -0.623. The minimum absolute atomic E-state index is 0.0765. The lowest BCUT2D eigenvalue weighted by molar-refractivity contribution is 0.0829. The van der Waals surface area contributed by atoms with Crippen molar-refractivity contribution in [1.82, 2.24) is 10.6 Å². The van der Waals surface area contributed by atoms with E-state index in [0.717, 1.165) is 11.3 Å². The van der Waals surface area contributed by atoms with Gasteiger partial charge in [0.1, 0.15) is 9.75 Å². The summed E-state index contributed by atoms with van der Waals surface area (Å²) in [6.07, 6.45) is 0. The van der Waals surface area contributed by atoms with Gasteiger partial charge in [0, 0.05) is 10.8 Å². The summed E-state index contributed by atoms with van der Waals surface area (Å²) < 4.78 is 0. The quantitative estimate of drug-likeness (QED) is 0.718. The lowest BCUT2D eigenvalue weighted by Gasteiger charge is -2.17. The summed E-state index contributed by atoms with van der Waals surface area (Å²) in [4.78, 5) is 47.9. The van der Waals surface area contributed by atoms with E-state index >= 15 is 0 Å². The monoisotopic (exact) mass is 306 g/mol. The molecule has 0 unspecified atom stereocenters. The zero-order chi connectivity index (χ0) is 14.2. The van der Waals surface area contributed by atoms with Gasteiger partial charge in [-0.2, -0.15) is 0 Å². The molecule has 4 rings (SSSR count). The van der Waals surface area contributed by atoms with Crippen LogP contribution in [0.4, 0.5) is 0 Å². The summed E-state index contributed by atoms with van der Waals surface area (Å²) in [5.41, 5.74) is 0.332. The first kappa shape index (κ1) is 11.6. The first-order valence-electron chi connectivity index (χ1n) is 5.49. The number of rotatable bonds is 0. The minimum Gasteiger partial charge on any atom is -0.287 e. The van der Waals surface area contributed by atoms with Crippen molar-refractivity contribution < 1.29 is 19.2 Å². The van der Waals surface area contributed by atoms with Crippen molar-refractivity contribution in [3.63, 3.8) is 0 Å². The van der Waals surface area contributed by atoms with Gasteiger partial charge in [-0.1, -0.05) is 11.6 Å². The molecule has 98 valence electrons. The highest BCUT2D eigenvalue weighted by molar-refractivity contribution is 7.18. The zero-order valence-electron chi connectivity index (χ0n) is 9.50. The third-order valence-electron chi connectivity index (χ3n) is 3.28. The molecule has 0 spiro atoms. The molecule has 0 saturated heterocycles. The maximum Gasteiger partial charge on any atom is 0.268 e. The molecule has 0 atom stereocenters. The van der Waals surface area contributed by atoms with E-state index in [9.17, 15) is 19.2 Å². The summed E-state index contributed by atoms with van der Waals surface area (Å²) in [5, 5.41) is 5.06. The Morgan fingerprint density at radius 3 is 2.15 bits per heavy atom. The number of thiophene rings is 1. The second kappa shape index (κ2) is 3.44. The molecule has 20 heavy (non-hydrogen) atoms. The van der Waals surface area contributed by atoms with Gasteiger partial charge in [0.15, 0.2) is 0 Å². The van der Waals surface area contributed by atoms with Crippen molar-refractivity contribution >= 4 is 57.3 Å². The van der Waals surface area contributed by atoms with Crippen LogP contribution in [-0.4, -0.2) is 23.6 Å². The number of amides is 4. The topological polar surface area (TPSA) is 92.3 Å². The Kier molecular flexibility index (Phi) is 1.99. The van der Waals surface area contributed by atoms with Gasteiger partial charge in [-0.05, 0) is 6.07 Å². The number of halogens is 1. The van der Waals surface area contributed by atoms with E-state index in [-0.39, 0.29) is 25.9 Å². The molecule has 0 radical (unpaired) electrons. The molecule has 1 aromatic carbocycles. The first-order valence-corrected chi connectivity index (χ1v) is 6.69. The second-order valence-corrected chi connectivity index (χ2v) is 5.79. The van der Waals surface area contributed by atoms with Crippen molar-refractivity contribution in [2.75, 3.05) is 0 Å². The molecule has 4 amide bonds. The molecule has 0 bridgehead atoms. The predicted octanol–water partition coefficient (Wildman–Crippen LogP) is 1.32. The van der Waals surface area contributed by atoms with Crippen LogP contribution in [0.1, 0.15) is 40.1 Å². The molecule has 0 saturated carbocycles. The molecule has 1 aromatic heterocycles. The Balaban J connectivity index is 2.32. The summed E-state index contributed by atoms with van der Waals surface area (Å²) in [7, 11) is 0. The molecule has 8 heteroatoms. The number of imide groups is 2. The second-order valence-electron chi connectivity index (χ2n) is 4.36. The molecular formula is C12H3ClN2O4S. The highest BCUT2D eigenvalue weighted by atomic mass is 35.5. The van der Waals surface area contributed by atoms with Crippen LogP contribution in [-0.2, 0) is 0 Å². The smallest absolute Gasteiger partial charge is 0.268 e. The van der Waals surface area contributed by atoms with Gasteiger partial charge in [0.2, 0.25) is 0 Å². The fraction of sp³-hybridized carbons (Fsp3) is 0. The van der Waals surface area contributed by atoms with Gasteiger partial charge in [-0.25, -0.2) is 0 Å². The average molecular weight is 307 g/mol. The third-order valence-corrected chi connectivity index (χ3v) is 4.76. The number of nitrogens with one attached hydrogen (secondary N) is 2. The molecule has 0 fully saturated rings. The van der Waals surface area contributed by atoms with Crippen LogP contribution < -0.4 is 10.6 Å². The molecule has 2 aliphatic rings. The van der Waals surface area contributed by atoms with E-state index in [1.807, 2.05) is 0 Å². The van der Waals surface area contributed by atoms with Crippen LogP contribution in [0.2, 0.25) is 5.02 Å². The van der Waals surface area contributed by atoms with Gasteiger partial charge in [0.05, 0.1) is 16.1 Å². The van der Waals surface area contributed by atoms with Crippen molar-refractivity contribution in [2.24, 2.45) is 0 Å². The lowest BCUT2D eigenvalue weighted by Crippen LogP contribution is -2.35. The lowest BCUT2D eigenvalue weighted by atomic mass is 9.95. The molecular weight excluding hydrogens is 304 g/mol. The molecule has 6 nitrogen and oxygen atoms in total.